The maximum absolute atomic E-state index is 13.2. The van der Waals surface area contributed by atoms with Crippen LogP contribution in [-0.4, -0.2) is 36.0 Å². The molecule has 1 unspecified atom stereocenters. The van der Waals surface area contributed by atoms with E-state index in [4.69, 9.17) is 0 Å². The molecule has 0 aliphatic carbocycles. The zero-order valence-electron chi connectivity index (χ0n) is 15.5. The Hall–Kier alpha value is -2.34. The number of nitrogens with zero attached hydrogens (tertiary/aromatic N) is 2. The van der Waals surface area contributed by atoms with Crippen molar-refractivity contribution in [3.63, 3.8) is 0 Å². The van der Waals surface area contributed by atoms with E-state index in [2.05, 4.69) is 30.6 Å². The third kappa shape index (κ3) is 3.75. The molecule has 3 rings (SSSR count). The van der Waals surface area contributed by atoms with Crippen molar-refractivity contribution in [1.29, 1.82) is 0 Å². The van der Waals surface area contributed by atoms with Gasteiger partial charge in [0.25, 0.3) is 5.91 Å². The second kappa shape index (κ2) is 7.91. The highest BCUT2D eigenvalue weighted by Gasteiger charge is 2.26. The lowest BCUT2D eigenvalue weighted by Gasteiger charge is -2.29. The number of anilines is 1. The van der Waals surface area contributed by atoms with E-state index in [-0.39, 0.29) is 18.0 Å². The molecule has 0 spiro atoms. The fraction of sp³-hybridized carbons (Fsp3) is 0.400. The first-order chi connectivity index (χ1) is 12.5. The molecular weight excluding hydrogens is 346 g/mol. The summed E-state index contributed by atoms with van der Waals surface area (Å²) >= 11 is 1.64. The lowest BCUT2D eigenvalue weighted by atomic mass is 10.1. The van der Waals surface area contributed by atoms with Crippen LogP contribution in [0.3, 0.4) is 0 Å². The summed E-state index contributed by atoms with van der Waals surface area (Å²) in [5.41, 5.74) is 3.58. The van der Waals surface area contributed by atoms with Crippen molar-refractivity contribution in [3.8, 4) is 0 Å². The van der Waals surface area contributed by atoms with Crippen LogP contribution in [0.25, 0.3) is 0 Å². The number of amides is 3. The van der Waals surface area contributed by atoms with Crippen LogP contribution in [0.15, 0.2) is 35.0 Å². The minimum Gasteiger partial charge on any atom is -0.336 e. The van der Waals surface area contributed by atoms with Gasteiger partial charge in [0.2, 0.25) is 0 Å². The van der Waals surface area contributed by atoms with E-state index in [0.717, 1.165) is 23.2 Å². The van der Waals surface area contributed by atoms with Crippen LogP contribution >= 0.6 is 11.3 Å². The quantitative estimate of drug-likeness (QED) is 0.834. The van der Waals surface area contributed by atoms with E-state index in [1.54, 1.807) is 16.2 Å². The van der Waals surface area contributed by atoms with E-state index in [0.29, 0.717) is 25.2 Å². The van der Waals surface area contributed by atoms with Crippen LogP contribution in [0.2, 0.25) is 0 Å². The summed E-state index contributed by atoms with van der Waals surface area (Å²) in [5.74, 6) is 0.00593. The first kappa shape index (κ1) is 18.5. The molecule has 1 aliphatic heterocycles. The summed E-state index contributed by atoms with van der Waals surface area (Å²) in [4.78, 5) is 28.9. The number of hydrogen-bond donors (Lipinski definition) is 1. The number of rotatable bonds is 6. The molecule has 5 nitrogen and oxygen atoms in total. The molecule has 6 heteroatoms. The summed E-state index contributed by atoms with van der Waals surface area (Å²) in [7, 11) is 0. The Balaban J connectivity index is 1.90. The standard InChI is InChI=1S/C20H25N3O2S/c1-4-15(3)23(12-16-7-10-26-13-16)19(24)17-6-5-14(2)18(11-17)22-9-8-21-20(22)25/h5-7,10-11,13,15H,4,8-9,12H2,1-3H3,(H,21,25). The maximum Gasteiger partial charge on any atom is 0.322 e. The Labute approximate surface area is 158 Å². The molecule has 0 bridgehead atoms. The highest BCUT2D eigenvalue weighted by Crippen LogP contribution is 2.25. The van der Waals surface area contributed by atoms with Gasteiger partial charge in [0.05, 0.1) is 0 Å². The third-order valence-corrected chi connectivity index (χ3v) is 5.65. The number of aryl methyl sites for hydroxylation is 1. The maximum atomic E-state index is 13.2. The molecule has 1 aliphatic rings. The predicted octanol–water partition coefficient (Wildman–Crippen LogP) is 4.03. The monoisotopic (exact) mass is 371 g/mol. The summed E-state index contributed by atoms with van der Waals surface area (Å²) in [6.45, 7) is 7.99. The lowest BCUT2D eigenvalue weighted by Crippen LogP contribution is -2.38. The van der Waals surface area contributed by atoms with E-state index < -0.39 is 0 Å². The molecule has 1 fully saturated rings. The van der Waals surface area contributed by atoms with Crippen molar-refractivity contribution in [2.45, 2.75) is 39.8 Å². The molecule has 1 atom stereocenters. The normalized spacial score (nSPS) is 15.0. The number of urea groups is 1. The molecule has 1 saturated heterocycles. The van der Waals surface area contributed by atoms with Gasteiger partial charge in [-0.25, -0.2) is 4.79 Å². The Kier molecular flexibility index (Phi) is 5.61. The van der Waals surface area contributed by atoms with Gasteiger partial charge < -0.3 is 10.2 Å². The highest BCUT2D eigenvalue weighted by atomic mass is 32.1. The fourth-order valence-corrected chi connectivity index (χ4v) is 3.79. The molecule has 2 heterocycles. The average Bonchev–Trinajstić information content (AvgIpc) is 3.30. The number of benzene rings is 1. The molecule has 1 N–H and O–H groups in total. The zero-order chi connectivity index (χ0) is 18.7. The minimum atomic E-state index is -0.102. The number of hydrogen-bond acceptors (Lipinski definition) is 3. The molecule has 0 radical (unpaired) electrons. The number of carbonyl (C=O) groups excluding carboxylic acids is 2. The Morgan fingerprint density at radius 2 is 2.19 bits per heavy atom. The molecule has 2 aromatic rings. The Bertz CT molecular complexity index is 788. The van der Waals surface area contributed by atoms with Crippen molar-refractivity contribution in [2.24, 2.45) is 0 Å². The van der Waals surface area contributed by atoms with Crippen LogP contribution in [0, 0.1) is 6.92 Å². The molecule has 0 saturated carbocycles. The SMILES string of the molecule is CCC(C)N(Cc1ccsc1)C(=O)c1ccc(C)c(N2CCNC2=O)c1. The molecule has 138 valence electrons. The van der Waals surface area contributed by atoms with Gasteiger partial charge in [-0.15, -0.1) is 0 Å². The molecule has 3 amide bonds. The van der Waals surface area contributed by atoms with Gasteiger partial charge >= 0.3 is 6.03 Å². The second-order valence-electron chi connectivity index (χ2n) is 6.71. The topological polar surface area (TPSA) is 52.7 Å². The van der Waals surface area contributed by atoms with Crippen LogP contribution in [0.1, 0.15) is 41.8 Å². The van der Waals surface area contributed by atoms with Crippen molar-refractivity contribution in [2.75, 3.05) is 18.0 Å². The van der Waals surface area contributed by atoms with E-state index >= 15 is 0 Å². The zero-order valence-corrected chi connectivity index (χ0v) is 16.3. The molecule has 1 aromatic carbocycles. The smallest absolute Gasteiger partial charge is 0.322 e. The van der Waals surface area contributed by atoms with Crippen LogP contribution in [-0.2, 0) is 6.54 Å². The summed E-state index contributed by atoms with van der Waals surface area (Å²) < 4.78 is 0. The number of carbonyl (C=O) groups is 2. The summed E-state index contributed by atoms with van der Waals surface area (Å²) in [6.07, 6.45) is 0.892. The van der Waals surface area contributed by atoms with Gasteiger partial charge in [0.15, 0.2) is 0 Å². The van der Waals surface area contributed by atoms with E-state index in [1.807, 2.05) is 35.4 Å². The molecule has 26 heavy (non-hydrogen) atoms. The van der Waals surface area contributed by atoms with Crippen LogP contribution in [0.4, 0.5) is 10.5 Å². The largest absolute Gasteiger partial charge is 0.336 e. The average molecular weight is 372 g/mol. The first-order valence-corrected chi connectivity index (χ1v) is 9.93. The van der Waals surface area contributed by atoms with Crippen molar-refractivity contribution >= 4 is 29.0 Å². The van der Waals surface area contributed by atoms with Crippen LogP contribution in [0.5, 0.6) is 0 Å². The van der Waals surface area contributed by atoms with Gasteiger partial charge in [-0.2, -0.15) is 11.3 Å². The van der Waals surface area contributed by atoms with Gasteiger partial charge in [-0.1, -0.05) is 13.0 Å². The second-order valence-corrected chi connectivity index (χ2v) is 7.49. The Morgan fingerprint density at radius 1 is 1.38 bits per heavy atom. The number of nitrogens with one attached hydrogen (secondary N) is 1. The lowest BCUT2D eigenvalue weighted by molar-refractivity contribution is 0.0672. The number of thiophene rings is 1. The van der Waals surface area contributed by atoms with Crippen molar-refractivity contribution in [1.82, 2.24) is 10.2 Å². The fourth-order valence-electron chi connectivity index (χ4n) is 3.13. The first-order valence-electron chi connectivity index (χ1n) is 8.99. The predicted molar refractivity (Wildman–Crippen MR) is 106 cm³/mol. The molecular formula is C20H25N3O2S. The van der Waals surface area contributed by atoms with Crippen molar-refractivity contribution in [3.05, 3.63) is 51.7 Å². The van der Waals surface area contributed by atoms with Crippen LogP contribution < -0.4 is 10.2 Å². The molecule has 1 aromatic heterocycles. The van der Waals surface area contributed by atoms with E-state index in [9.17, 15) is 9.59 Å². The highest BCUT2D eigenvalue weighted by molar-refractivity contribution is 7.07. The van der Waals surface area contributed by atoms with Gasteiger partial charge in [0, 0.05) is 36.9 Å². The van der Waals surface area contributed by atoms with Gasteiger partial charge in [0.1, 0.15) is 0 Å². The Morgan fingerprint density at radius 3 is 2.81 bits per heavy atom. The van der Waals surface area contributed by atoms with Crippen molar-refractivity contribution < 1.29 is 9.59 Å². The third-order valence-electron chi connectivity index (χ3n) is 4.92. The minimum absolute atomic E-state index is 0.00593. The van der Waals surface area contributed by atoms with Gasteiger partial charge in [-0.3, -0.25) is 9.69 Å². The van der Waals surface area contributed by atoms with E-state index in [1.165, 1.54) is 0 Å². The van der Waals surface area contributed by atoms with Gasteiger partial charge in [-0.05, 0) is 60.4 Å². The summed E-state index contributed by atoms with van der Waals surface area (Å²) in [6, 6.07) is 7.73. The summed E-state index contributed by atoms with van der Waals surface area (Å²) in [5, 5.41) is 6.93.